The number of ether oxygens (including phenoxy) is 1. The maximum absolute atomic E-state index is 12.4. The van der Waals surface area contributed by atoms with E-state index in [0.717, 1.165) is 6.42 Å². The highest BCUT2D eigenvalue weighted by Gasteiger charge is 2.17. The minimum atomic E-state index is 0.0402. The van der Waals surface area contributed by atoms with E-state index in [0.29, 0.717) is 12.5 Å². The topological polar surface area (TPSA) is 26.3 Å². The van der Waals surface area contributed by atoms with Crippen molar-refractivity contribution in [2.75, 3.05) is 6.61 Å². The Morgan fingerprint density at radius 2 is 0.967 bits per heavy atom. The molecule has 0 aliphatic carbocycles. The third-order valence-corrected chi connectivity index (χ3v) is 6.54. The Kier molecular flexibility index (Phi) is 22.7. The van der Waals surface area contributed by atoms with Gasteiger partial charge >= 0.3 is 5.97 Å². The third kappa shape index (κ3) is 19.4. The van der Waals surface area contributed by atoms with Crippen LogP contribution in [-0.4, -0.2) is 12.6 Å². The van der Waals surface area contributed by atoms with Crippen LogP contribution in [0.5, 0.6) is 0 Å². The van der Waals surface area contributed by atoms with Crippen LogP contribution in [0.3, 0.4) is 0 Å². The predicted molar refractivity (Wildman–Crippen MR) is 133 cm³/mol. The van der Waals surface area contributed by atoms with Gasteiger partial charge in [0.05, 0.1) is 12.5 Å². The predicted octanol–water partition coefficient (Wildman–Crippen LogP) is 9.64. The van der Waals surface area contributed by atoms with Crippen LogP contribution in [0, 0.1) is 11.8 Å². The molecule has 0 spiro atoms. The van der Waals surface area contributed by atoms with Crippen molar-refractivity contribution in [2.24, 2.45) is 11.8 Å². The van der Waals surface area contributed by atoms with Crippen LogP contribution in [0.1, 0.15) is 156 Å². The van der Waals surface area contributed by atoms with E-state index in [-0.39, 0.29) is 11.9 Å². The molecule has 0 N–H and O–H groups in total. The van der Waals surface area contributed by atoms with Gasteiger partial charge in [-0.3, -0.25) is 4.79 Å². The molecule has 180 valence electrons. The van der Waals surface area contributed by atoms with Crippen LogP contribution >= 0.6 is 0 Å². The monoisotopic (exact) mass is 424 g/mol. The lowest BCUT2D eigenvalue weighted by atomic mass is 9.95. The summed E-state index contributed by atoms with van der Waals surface area (Å²) < 4.78 is 5.74. The maximum Gasteiger partial charge on any atom is 0.308 e. The second-order valence-electron chi connectivity index (χ2n) is 9.71. The zero-order valence-corrected chi connectivity index (χ0v) is 21.3. The van der Waals surface area contributed by atoms with E-state index in [4.69, 9.17) is 4.74 Å². The largest absolute Gasteiger partial charge is 0.465 e. The van der Waals surface area contributed by atoms with Gasteiger partial charge in [-0.15, -0.1) is 0 Å². The molecule has 2 nitrogen and oxygen atoms in total. The summed E-state index contributed by atoms with van der Waals surface area (Å²) in [5.74, 6) is 0.675. The van der Waals surface area contributed by atoms with Gasteiger partial charge < -0.3 is 4.74 Å². The standard InChI is InChI=1S/C28H56O2/c1-5-8-11-13-14-15-16-17-19-20-22-26(4)28(29)30-25-27(23-10-7-3)24-21-18-12-9-6-2/h26-27H,5-25H2,1-4H3. The van der Waals surface area contributed by atoms with Gasteiger partial charge in [0.25, 0.3) is 0 Å². The molecule has 2 heteroatoms. The van der Waals surface area contributed by atoms with Crippen LogP contribution in [0.25, 0.3) is 0 Å². The van der Waals surface area contributed by atoms with Gasteiger partial charge in [-0.1, -0.05) is 137 Å². The Morgan fingerprint density at radius 1 is 0.567 bits per heavy atom. The van der Waals surface area contributed by atoms with Crippen molar-refractivity contribution in [1.82, 2.24) is 0 Å². The number of carbonyl (C=O) groups excluding carboxylic acids is 1. The molecule has 0 amide bonds. The van der Waals surface area contributed by atoms with E-state index in [1.165, 1.54) is 122 Å². The fraction of sp³-hybridized carbons (Fsp3) is 0.964. The van der Waals surface area contributed by atoms with Crippen molar-refractivity contribution in [3.05, 3.63) is 0 Å². The molecule has 0 rings (SSSR count). The molecule has 2 atom stereocenters. The first-order valence-corrected chi connectivity index (χ1v) is 13.8. The Balaban J connectivity index is 3.80. The molecule has 0 aromatic rings. The molecule has 0 saturated carbocycles. The van der Waals surface area contributed by atoms with Gasteiger partial charge in [0.15, 0.2) is 0 Å². The van der Waals surface area contributed by atoms with Crippen LogP contribution in [0.4, 0.5) is 0 Å². The van der Waals surface area contributed by atoms with Crippen LogP contribution in [-0.2, 0) is 9.53 Å². The highest BCUT2D eigenvalue weighted by atomic mass is 16.5. The van der Waals surface area contributed by atoms with Crippen LogP contribution in [0.2, 0.25) is 0 Å². The molecular formula is C28H56O2. The minimum Gasteiger partial charge on any atom is -0.465 e. The Bertz CT molecular complexity index is 353. The maximum atomic E-state index is 12.4. The number of hydrogen-bond acceptors (Lipinski definition) is 2. The van der Waals surface area contributed by atoms with Crippen LogP contribution < -0.4 is 0 Å². The lowest BCUT2D eigenvalue weighted by Crippen LogP contribution is -2.19. The van der Waals surface area contributed by atoms with E-state index in [2.05, 4.69) is 27.7 Å². The lowest BCUT2D eigenvalue weighted by molar-refractivity contribution is -0.149. The molecule has 0 bridgehead atoms. The van der Waals surface area contributed by atoms with Gasteiger partial charge in [0.1, 0.15) is 0 Å². The van der Waals surface area contributed by atoms with E-state index in [9.17, 15) is 4.79 Å². The fourth-order valence-electron chi connectivity index (χ4n) is 4.24. The van der Waals surface area contributed by atoms with E-state index in [1.54, 1.807) is 0 Å². The summed E-state index contributed by atoms with van der Waals surface area (Å²) in [7, 11) is 0. The summed E-state index contributed by atoms with van der Waals surface area (Å²) >= 11 is 0. The van der Waals surface area contributed by atoms with E-state index < -0.39 is 0 Å². The van der Waals surface area contributed by atoms with Crippen LogP contribution in [0.15, 0.2) is 0 Å². The molecule has 30 heavy (non-hydrogen) atoms. The van der Waals surface area contributed by atoms with E-state index in [1.807, 2.05) is 0 Å². The number of unbranched alkanes of at least 4 members (excludes halogenated alkanes) is 14. The average Bonchev–Trinajstić information content (AvgIpc) is 2.75. The van der Waals surface area contributed by atoms with Crippen molar-refractivity contribution in [2.45, 2.75) is 156 Å². The number of hydrogen-bond donors (Lipinski definition) is 0. The summed E-state index contributed by atoms with van der Waals surface area (Å²) in [6, 6.07) is 0. The van der Waals surface area contributed by atoms with Crippen molar-refractivity contribution < 1.29 is 9.53 Å². The summed E-state index contributed by atoms with van der Waals surface area (Å²) in [4.78, 5) is 12.4. The Morgan fingerprint density at radius 3 is 1.47 bits per heavy atom. The van der Waals surface area contributed by atoms with Gasteiger partial charge in [-0.05, 0) is 25.2 Å². The molecule has 0 aromatic carbocycles. The minimum absolute atomic E-state index is 0.0402. The molecule has 0 aromatic heterocycles. The third-order valence-electron chi connectivity index (χ3n) is 6.54. The van der Waals surface area contributed by atoms with Gasteiger partial charge in [0.2, 0.25) is 0 Å². The molecular weight excluding hydrogens is 368 g/mol. The summed E-state index contributed by atoms with van der Waals surface area (Å²) in [6.45, 7) is 9.49. The normalized spacial score (nSPS) is 13.3. The van der Waals surface area contributed by atoms with E-state index >= 15 is 0 Å². The molecule has 2 unspecified atom stereocenters. The van der Waals surface area contributed by atoms with Crippen molar-refractivity contribution in [3.63, 3.8) is 0 Å². The number of esters is 1. The second-order valence-corrected chi connectivity index (χ2v) is 9.71. The Hall–Kier alpha value is -0.530. The molecule has 0 radical (unpaired) electrons. The highest BCUT2D eigenvalue weighted by molar-refractivity contribution is 5.71. The van der Waals surface area contributed by atoms with Gasteiger partial charge in [-0.25, -0.2) is 0 Å². The first kappa shape index (κ1) is 29.5. The smallest absolute Gasteiger partial charge is 0.308 e. The summed E-state index contributed by atoms with van der Waals surface area (Å²) in [5, 5.41) is 0. The molecule has 0 fully saturated rings. The van der Waals surface area contributed by atoms with Crippen molar-refractivity contribution in [1.29, 1.82) is 0 Å². The van der Waals surface area contributed by atoms with Crippen molar-refractivity contribution in [3.8, 4) is 0 Å². The molecule has 0 aliphatic heterocycles. The summed E-state index contributed by atoms with van der Waals surface area (Å²) in [5.41, 5.74) is 0. The fourth-order valence-corrected chi connectivity index (χ4v) is 4.24. The molecule has 0 heterocycles. The Labute approximate surface area is 190 Å². The second kappa shape index (κ2) is 23.1. The highest BCUT2D eigenvalue weighted by Crippen LogP contribution is 2.20. The van der Waals surface area contributed by atoms with Crippen molar-refractivity contribution >= 4 is 5.97 Å². The van der Waals surface area contributed by atoms with Gasteiger partial charge in [0, 0.05) is 0 Å². The number of carbonyl (C=O) groups is 1. The average molecular weight is 425 g/mol. The van der Waals surface area contributed by atoms with Gasteiger partial charge in [-0.2, -0.15) is 0 Å². The quantitative estimate of drug-likeness (QED) is 0.120. The zero-order chi connectivity index (χ0) is 22.3. The first-order chi connectivity index (χ1) is 14.7. The molecule has 0 saturated heterocycles. The first-order valence-electron chi connectivity index (χ1n) is 13.8. The molecule has 0 aliphatic rings. The number of rotatable bonds is 23. The summed E-state index contributed by atoms with van der Waals surface area (Å²) in [6.07, 6.45) is 26.0. The lowest BCUT2D eigenvalue weighted by Gasteiger charge is -2.18. The zero-order valence-electron chi connectivity index (χ0n) is 21.3. The SMILES string of the molecule is CCCCCCCCCCCCC(C)C(=O)OCC(CCCC)CCCCCCC.